The fraction of sp³-hybridized carbons (Fsp3) is 0.0588. The molecule has 100 valence electrons. The third-order valence-electron chi connectivity index (χ3n) is 3.28. The van der Waals surface area contributed by atoms with Crippen molar-refractivity contribution in [3.05, 3.63) is 82.7 Å². The van der Waals surface area contributed by atoms with Gasteiger partial charge in [-0.15, -0.1) is 0 Å². The standard InChI is InChI=1S/C17H13BrFN/c18-15-5-9-17(10-6-15)20-11-1-2-14(12-20)13-3-7-16(19)8-4-13/h1-11H,12H2. The van der Waals surface area contributed by atoms with Crippen molar-refractivity contribution in [2.45, 2.75) is 0 Å². The third kappa shape index (κ3) is 2.83. The summed E-state index contributed by atoms with van der Waals surface area (Å²) >= 11 is 3.44. The van der Waals surface area contributed by atoms with E-state index in [4.69, 9.17) is 0 Å². The molecule has 0 unspecified atom stereocenters. The maximum atomic E-state index is 13.0. The van der Waals surface area contributed by atoms with Crippen LogP contribution in [-0.2, 0) is 0 Å². The summed E-state index contributed by atoms with van der Waals surface area (Å²) in [6.45, 7) is 0.782. The van der Waals surface area contributed by atoms with Crippen molar-refractivity contribution in [1.29, 1.82) is 0 Å². The van der Waals surface area contributed by atoms with Gasteiger partial charge in [0.1, 0.15) is 5.82 Å². The summed E-state index contributed by atoms with van der Waals surface area (Å²) in [5, 5.41) is 0. The smallest absolute Gasteiger partial charge is 0.123 e. The van der Waals surface area contributed by atoms with Gasteiger partial charge in [-0.25, -0.2) is 4.39 Å². The van der Waals surface area contributed by atoms with E-state index >= 15 is 0 Å². The number of hydrogen-bond acceptors (Lipinski definition) is 1. The first-order valence-corrected chi connectivity index (χ1v) is 7.17. The molecule has 0 fully saturated rings. The monoisotopic (exact) mass is 329 g/mol. The molecule has 2 aromatic rings. The average Bonchev–Trinajstić information content (AvgIpc) is 2.49. The molecule has 2 aromatic carbocycles. The van der Waals surface area contributed by atoms with Gasteiger partial charge in [0.25, 0.3) is 0 Å². The van der Waals surface area contributed by atoms with E-state index in [-0.39, 0.29) is 5.82 Å². The van der Waals surface area contributed by atoms with Crippen LogP contribution in [0.3, 0.4) is 0 Å². The first-order valence-electron chi connectivity index (χ1n) is 6.38. The molecule has 0 amide bonds. The maximum absolute atomic E-state index is 13.0. The molecule has 0 N–H and O–H groups in total. The van der Waals surface area contributed by atoms with Crippen molar-refractivity contribution in [3.63, 3.8) is 0 Å². The molecular weight excluding hydrogens is 317 g/mol. The second-order valence-corrected chi connectivity index (χ2v) is 5.56. The minimum atomic E-state index is -0.203. The van der Waals surface area contributed by atoms with E-state index < -0.39 is 0 Å². The lowest BCUT2D eigenvalue weighted by molar-refractivity contribution is 0.627. The van der Waals surface area contributed by atoms with Crippen LogP contribution in [0.4, 0.5) is 10.1 Å². The predicted molar refractivity (Wildman–Crippen MR) is 85.0 cm³/mol. The topological polar surface area (TPSA) is 3.24 Å². The van der Waals surface area contributed by atoms with Crippen molar-refractivity contribution >= 4 is 27.2 Å². The highest BCUT2D eigenvalue weighted by molar-refractivity contribution is 9.10. The molecule has 0 radical (unpaired) electrons. The number of nitrogens with zero attached hydrogens (tertiary/aromatic N) is 1. The molecular formula is C17H13BrFN. The summed E-state index contributed by atoms with van der Waals surface area (Å²) in [4.78, 5) is 2.17. The molecule has 0 atom stereocenters. The molecule has 1 aliphatic heterocycles. The van der Waals surface area contributed by atoms with E-state index in [1.807, 2.05) is 30.3 Å². The lowest BCUT2D eigenvalue weighted by Crippen LogP contribution is -2.20. The molecule has 0 saturated heterocycles. The minimum absolute atomic E-state index is 0.203. The largest absolute Gasteiger partial charge is 0.344 e. The normalized spacial score (nSPS) is 14.3. The van der Waals surface area contributed by atoms with Crippen molar-refractivity contribution in [2.75, 3.05) is 11.4 Å². The number of halogens is 2. The predicted octanol–water partition coefficient (Wildman–Crippen LogP) is 5.01. The van der Waals surface area contributed by atoms with Crippen LogP contribution < -0.4 is 4.90 Å². The van der Waals surface area contributed by atoms with Crippen LogP contribution in [0, 0.1) is 5.82 Å². The number of allylic oxidation sites excluding steroid dienone is 2. The highest BCUT2D eigenvalue weighted by Gasteiger charge is 2.11. The van der Waals surface area contributed by atoms with Gasteiger partial charge in [0.2, 0.25) is 0 Å². The Balaban J connectivity index is 1.83. The number of rotatable bonds is 2. The van der Waals surface area contributed by atoms with E-state index in [9.17, 15) is 4.39 Å². The van der Waals surface area contributed by atoms with Crippen molar-refractivity contribution in [1.82, 2.24) is 0 Å². The Labute approximate surface area is 126 Å². The van der Waals surface area contributed by atoms with Gasteiger partial charge >= 0.3 is 0 Å². The van der Waals surface area contributed by atoms with Crippen LogP contribution in [0.15, 0.2) is 71.4 Å². The van der Waals surface area contributed by atoms with Crippen molar-refractivity contribution in [3.8, 4) is 0 Å². The molecule has 1 aliphatic rings. The first-order chi connectivity index (χ1) is 9.72. The average molecular weight is 330 g/mol. The fourth-order valence-electron chi connectivity index (χ4n) is 2.21. The summed E-state index contributed by atoms with van der Waals surface area (Å²) in [5.41, 5.74) is 3.37. The van der Waals surface area contributed by atoms with E-state index in [1.54, 1.807) is 0 Å². The molecule has 0 saturated carbocycles. The molecule has 0 bridgehead atoms. The number of benzene rings is 2. The zero-order valence-corrected chi connectivity index (χ0v) is 12.3. The quantitative estimate of drug-likeness (QED) is 0.748. The maximum Gasteiger partial charge on any atom is 0.123 e. The van der Waals surface area contributed by atoms with E-state index in [1.165, 1.54) is 17.7 Å². The van der Waals surface area contributed by atoms with Gasteiger partial charge in [0.05, 0.1) is 0 Å². The van der Waals surface area contributed by atoms with Crippen LogP contribution in [0.1, 0.15) is 5.56 Å². The van der Waals surface area contributed by atoms with E-state index in [0.717, 1.165) is 22.3 Å². The van der Waals surface area contributed by atoms with Gasteiger partial charge in [0.15, 0.2) is 0 Å². The molecule has 0 aliphatic carbocycles. The highest BCUT2D eigenvalue weighted by Crippen LogP contribution is 2.25. The lowest BCUT2D eigenvalue weighted by atomic mass is 10.0. The van der Waals surface area contributed by atoms with Gasteiger partial charge in [0, 0.05) is 22.9 Å². The number of anilines is 1. The minimum Gasteiger partial charge on any atom is -0.344 e. The fourth-order valence-corrected chi connectivity index (χ4v) is 2.48. The van der Waals surface area contributed by atoms with Gasteiger partial charge in [-0.05, 0) is 53.6 Å². The van der Waals surface area contributed by atoms with Crippen molar-refractivity contribution in [2.24, 2.45) is 0 Å². The summed E-state index contributed by atoms with van der Waals surface area (Å²) in [6, 6.07) is 14.8. The van der Waals surface area contributed by atoms with E-state index in [2.05, 4.69) is 45.2 Å². The molecule has 20 heavy (non-hydrogen) atoms. The van der Waals surface area contributed by atoms with Crippen LogP contribution >= 0.6 is 15.9 Å². The van der Waals surface area contributed by atoms with Gasteiger partial charge in [-0.2, -0.15) is 0 Å². The lowest BCUT2D eigenvalue weighted by Gasteiger charge is -2.25. The van der Waals surface area contributed by atoms with Crippen LogP contribution in [0.25, 0.3) is 5.57 Å². The Morgan fingerprint density at radius 2 is 1.65 bits per heavy atom. The molecule has 3 rings (SSSR count). The summed E-state index contributed by atoms with van der Waals surface area (Å²) in [7, 11) is 0. The Morgan fingerprint density at radius 3 is 2.35 bits per heavy atom. The Bertz CT molecular complexity index is 656. The van der Waals surface area contributed by atoms with Crippen LogP contribution in [-0.4, -0.2) is 6.54 Å². The van der Waals surface area contributed by atoms with Crippen molar-refractivity contribution < 1.29 is 4.39 Å². The highest BCUT2D eigenvalue weighted by atomic mass is 79.9. The third-order valence-corrected chi connectivity index (χ3v) is 3.81. The van der Waals surface area contributed by atoms with E-state index in [0.29, 0.717) is 0 Å². The summed E-state index contributed by atoms with van der Waals surface area (Å²) < 4.78 is 14.1. The first kappa shape index (κ1) is 13.1. The van der Waals surface area contributed by atoms with Gasteiger partial charge in [-0.3, -0.25) is 0 Å². The summed E-state index contributed by atoms with van der Waals surface area (Å²) in [6.07, 6.45) is 6.14. The Kier molecular flexibility index (Phi) is 3.70. The Morgan fingerprint density at radius 1 is 0.950 bits per heavy atom. The molecule has 0 aromatic heterocycles. The van der Waals surface area contributed by atoms with Gasteiger partial charge in [-0.1, -0.05) is 34.1 Å². The molecule has 1 heterocycles. The Hall–Kier alpha value is -1.87. The number of hydrogen-bond donors (Lipinski definition) is 0. The van der Waals surface area contributed by atoms with Crippen LogP contribution in [0.2, 0.25) is 0 Å². The molecule has 0 spiro atoms. The SMILES string of the molecule is Fc1ccc(C2=CC=CN(c3ccc(Br)cc3)C2)cc1. The molecule has 1 nitrogen and oxygen atoms in total. The second kappa shape index (κ2) is 5.63. The zero-order valence-electron chi connectivity index (χ0n) is 10.8. The molecule has 3 heteroatoms. The second-order valence-electron chi connectivity index (χ2n) is 4.64. The van der Waals surface area contributed by atoms with Crippen LogP contribution in [0.5, 0.6) is 0 Å². The zero-order chi connectivity index (χ0) is 13.9. The van der Waals surface area contributed by atoms with Gasteiger partial charge < -0.3 is 4.90 Å². The summed E-state index contributed by atoms with van der Waals surface area (Å²) in [5.74, 6) is -0.203.